The minimum atomic E-state index is -0.598. The van der Waals surface area contributed by atoms with Crippen LogP contribution in [0.15, 0.2) is 48.5 Å². The Kier molecular flexibility index (Phi) is 10.0. The molecule has 0 unspecified atom stereocenters. The molecule has 0 radical (unpaired) electrons. The van der Waals surface area contributed by atoms with Crippen LogP contribution in [0.5, 0.6) is 0 Å². The number of hydrogen-bond donors (Lipinski definition) is 1. The second kappa shape index (κ2) is 12.2. The maximum absolute atomic E-state index is 13.1. The normalized spacial score (nSPS) is 11.9. The molecule has 0 heterocycles. The van der Waals surface area contributed by atoms with Crippen molar-refractivity contribution in [1.29, 1.82) is 0 Å². The number of thioether (sulfide) groups is 1. The maximum Gasteiger partial charge on any atom is 0.242 e. The Morgan fingerprint density at radius 2 is 1.80 bits per heavy atom. The molecule has 1 atom stereocenters. The molecule has 162 valence electrons. The monoisotopic (exact) mass is 466 g/mol. The molecular weight excluding hydrogens is 439 g/mol. The first-order valence-electron chi connectivity index (χ1n) is 9.90. The third-order valence-corrected chi connectivity index (χ3v) is 6.13. The lowest BCUT2D eigenvalue weighted by molar-refractivity contribution is -0.138. The van der Waals surface area contributed by atoms with Crippen molar-refractivity contribution in [3.63, 3.8) is 0 Å². The second-order valence-corrected chi connectivity index (χ2v) is 9.38. The molecule has 2 amide bonds. The van der Waals surface area contributed by atoms with Crippen LogP contribution in [0.3, 0.4) is 0 Å². The molecule has 0 aromatic heterocycles. The van der Waals surface area contributed by atoms with Gasteiger partial charge in [0.15, 0.2) is 0 Å². The molecule has 0 aliphatic rings. The van der Waals surface area contributed by atoms with Gasteiger partial charge in [0, 0.05) is 28.9 Å². The number of carbonyl (C=O) groups is 2. The van der Waals surface area contributed by atoms with Gasteiger partial charge in [-0.3, -0.25) is 9.59 Å². The number of benzene rings is 2. The molecule has 2 aromatic rings. The Hall–Kier alpha value is -1.69. The Morgan fingerprint density at radius 3 is 2.47 bits per heavy atom. The topological polar surface area (TPSA) is 49.4 Å². The van der Waals surface area contributed by atoms with E-state index in [1.165, 1.54) is 11.8 Å². The van der Waals surface area contributed by atoms with Crippen molar-refractivity contribution in [2.24, 2.45) is 5.92 Å². The van der Waals surface area contributed by atoms with Crippen LogP contribution < -0.4 is 5.32 Å². The van der Waals surface area contributed by atoms with E-state index in [2.05, 4.69) is 5.32 Å². The summed E-state index contributed by atoms with van der Waals surface area (Å²) in [5, 5.41) is 4.17. The van der Waals surface area contributed by atoms with Crippen molar-refractivity contribution in [2.75, 3.05) is 12.3 Å². The highest BCUT2D eigenvalue weighted by molar-refractivity contribution is 7.99. The van der Waals surface area contributed by atoms with Crippen molar-refractivity contribution >= 4 is 46.8 Å². The number of nitrogens with zero attached hydrogens (tertiary/aromatic N) is 1. The highest BCUT2D eigenvalue weighted by Crippen LogP contribution is 2.21. The van der Waals surface area contributed by atoms with E-state index < -0.39 is 6.04 Å². The van der Waals surface area contributed by atoms with E-state index in [0.29, 0.717) is 28.3 Å². The molecule has 0 saturated carbocycles. The number of carbonyl (C=O) groups excluding carboxylic acids is 2. The van der Waals surface area contributed by atoms with Crippen LogP contribution in [-0.2, 0) is 21.9 Å². The van der Waals surface area contributed by atoms with Crippen LogP contribution in [0.1, 0.15) is 31.9 Å². The first-order chi connectivity index (χ1) is 14.3. The van der Waals surface area contributed by atoms with Crippen LogP contribution in [0.4, 0.5) is 0 Å². The number of rotatable bonds is 10. The molecule has 2 aromatic carbocycles. The van der Waals surface area contributed by atoms with Crippen LogP contribution in [0.2, 0.25) is 10.0 Å². The predicted molar refractivity (Wildman–Crippen MR) is 127 cm³/mol. The third kappa shape index (κ3) is 7.86. The lowest BCUT2D eigenvalue weighted by Gasteiger charge is -2.29. The molecule has 0 aliphatic heterocycles. The fourth-order valence-electron chi connectivity index (χ4n) is 2.81. The molecule has 4 nitrogen and oxygen atoms in total. The summed E-state index contributed by atoms with van der Waals surface area (Å²) in [7, 11) is 0. The standard InChI is InChI=1S/C23H28Cl2N2O2S/c1-16(2)12-26-23(29)17(3)27(13-19-8-4-5-10-21(19)25)22(28)15-30-14-18-7-6-9-20(24)11-18/h4-11,16-17H,12-15H2,1-3H3,(H,26,29)/t17-/m1/s1. The summed E-state index contributed by atoms with van der Waals surface area (Å²) in [6.45, 7) is 6.67. The van der Waals surface area contributed by atoms with Crippen LogP contribution in [0, 0.1) is 5.92 Å². The maximum atomic E-state index is 13.1. The third-order valence-electron chi connectivity index (χ3n) is 4.53. The fourth-order valence-corrected chi connectivity index (χ4v) is 4.08. The molecular formula is C23H28Cl2N2O2S. The molecule has 7 heteroatoms. The quantitative estimate of drug-likeness (QED) is 0.508. The minimum absolute atomic E-state index is 0.103. The number of nitrogens with one attached hydrogen (secondary N) is 1. The lowest BCUT2D eigenvalue weighted by Crippen LogP contribution is -2.48. The Labute approximate surface area is 193 Å². The van der Waals surface area contributed by atoms with Gasteiger partial charge in [0.1, 0.15) is 6.04 Å². The number of hydrogen-bond acceptors (Lipinski definition) is 3. The summed E-state index contributed by atoms with van der Waals surface area (Å²) >= 11 is 13.8. The molecule has 0 spiro atoms. The van der Waals surface area contributed by atoms with Gasteiger partial charge in [-0.2, -0.15) is 0 Å². The number of amides is 2. The van der Waals surface area contributed by atoms with E-state index in [0.717, 1.165) is 11.1 Å². The average Bonchev–Trinajstić information content (AvgIpc) is 2.70. The van der Waals surface area contributed by atoms with Crippen LogP contribution >= 0.6 is 35.0 Å². The Balaban J connectivity index is 2.07. The average molecular weight is 467 g/mol. The van der Waals surface area contributed by atoms with Gasteiger partial charge in [0.25, 0.3) is 0 Å². The van der Waals surface area contributed by atoms with Gasteiger partial charge in [0.05, 0.1) is 5.75 Å². The van der Waals surface area contributed by atoms with Gasteiger partial charge in [-0.1, -0.05) is 67.4 Å². The van der Waals surface area contributed by atoms with Gasteiger partial charge >= 0.3 is 0 Å². The lowest BCUT2D eigenvalue weighted by atomic mass is 10.1. The SMILES string of the molecule is CC(C)CNC(=O)[C@@H](C)N(Cc1ccccc1Cl)C(=O)CSCc1cccc(Cl)c1. The second-order valence-electron chi connectivity index (χ2n) is 7.55. The van der Waals surface area contributed by atoms with Crippen LogP contribution in [-0.4, -0.2) is 35.1 Å². The fraction of sp³-hybridized carbons (Fsp3) is 0.391. The van der Waals surface area contributed by atoms with Crippen molar-refractivity contribution in [2.45, 2.75) is 39.1 Å². The zero-order chi connectivity index (χ0) is 22.1. The Morgan fingerprint density at radius 1 is 1.07 bits per heavy atom. The summed E-state index contributed by atoms with van der Waals surface area (Å²) in [5.74, 6) is 0.999. The van der Waals surface area contributed by atoms with E-state index in [9.17, 15) is 9.59 Å². The molecule has 0 fully saturated rings. The van der Waals surface area contributed by atoms with Crippen molar-refractivity contribution < 1.29 is 9.59 Å². The van der Waals surface area contributed by atoms with E-state index in [1.807, 2.05) is 56.3 Å². The van der Waals surface area contributed by atoms with Gasteiger partial charge in [-0.05, 0) is 42.2 Å². The summed E-state index contributed by atoms with van der Waals surface area (Å²) < 4.78 is 0. The largest absolute Gasteiger partial charge is 0.354 e. The van der Waals surface area contributed by atoms with Crippen LogP contribution in [0.25, 0.3) is 0 Å². The molecule has 0 saturated heterocycles. The molecule has 30 heavy (non-hydrogen) atoms. The van der Waals surface area contributed by atoms with Crippen molar-refractivity contribution in [3.05, 3.63) is 69.7 Å². The van der Waals surface area contributed by atoms with Gasteiger partial charge < -0.3 is 10.2 Å². The minimum Gasteiger partial charge on any atom is -0.354 e. The van der Waals surface area contributed by atoms with E-state index in [4.69, 9.17) is 23.2 Å². The predicted octanol–water partition coefficient (Wildman–Crippen LogP) is 5.42. The van der Waals surface area contributed by atoms with E-state index in [-0.39, 0.29) is 24.1 Å². The van der Waals surface area contributed by atoms with Gasteiger partial charge in [-0.15, -0.1) is 11.8 Å². The van der Waals surface area contributed by atoms with E-state index in [1.54, 1.807) is 17.9 Å². The van der Waals surface area contributed by atoms with E-state index >= 15 is 0 Å². The molecule has 1 N–H and O–H groups in total. The Bertz CT molecular complexity index is 861. The van der Waals surface area contributed by atoms with Gasteiger partial charge in [-0.25, -0.2) is 0 Å². The zero-order valence-electron chi connectivity index (χ0n) is 17.5. The number of halogens is 2. The highest BCUT2D eigenvalue weighted by Gasteiger charge is 2.26. The first-order valence-corrected chi connectivity index (χ1v) is 11.8. The molecule has 2 rings (SSSR count). The van der Waals surface area contributed by atoms with Crippen molar-refractivity contribution in [1.82, 2.24) is 10.2 Å². The summed E-state index contributed by atoms with van der Waals surface area (Å²) in [4.78, 5) is 27.3. The zero-order valence-corrected chi connectivity index (χ0v) is 19.9. The summed E-state index contributed by atoms with van der Waals surface area (Å²) in [5.41, 5.74) is 1.87. The van der Waals surface area contributed by atoms with Gasteiger partial charge in [0.2, 0.25) is 11.8 Å². The van der Waals surface area contributed by atoms with Crippen molar-refractivity contribution in [3.8, 4) is 0 Å². The molecule has 0 aliphatic carbocycles. The smallest absolute Gasteiger partial charge is 0.242 e. The summed E-state index contributed by atoms with van der Waals surface area (Å²) in [6.07, 6.45) is 0. The summed E-state index contributed by atoms with van der Waals surface area (Å²) in [6, 6.07) is 14.4. The first kappa shape index (κ1) is 24.6. The highest BCUT2D eigenvalue weighted by atomic mass is 35.5. The molecule has 0 bridgehead atoms.